The van der Waals surface area contributed by atoms with Crippen LogP contribution in [0.5, 0.6) is 6.01 Å². The quantitative estimate of drug-likeness (QED) is 0.431. The van der Waals surface area contributed by atoms with E-state index in [2.05, 4.69) is 10.2 Å². The van der Waals surface area contributed by atoms with Crippen LogP contribution < -0.4 is 10.7 Å². The molecule has 0 aliphatic carbocycles. The van der Waals surface area contributed by atoms with Gasteiger partial charge in [0.05, 0.1) is 6.01 Å². The second kappa shape index (κ2) is 1.61. The van der Waals surface area contributed by atoms with Crippen molar-refractivity contribution < 1.29 is 5.11 Å². The number of nitrogens with one attached hydrogen (secondary N) is 1. The van der Waals surface area contributed by atoms with Crippen molar-refractivity contribution in [3.8, 4) is 6.01 Å². The maximum Gasteiger partial charge on any atom is 0.269 e. The monoisotopic (exact) mass is 112 g/mol. The highest BCUT2D eigenvalue weighted by molar-refractivity contribution is 4.80. The lowest BCUT2D eigenvalue weighted by Gasteiger charge is -1.95. The van der Waals surface area contributed by atoms with Crippen LogP contribution >= 0.6 is 0 Å². The molecule has 8 heavy (non-hydrogen) atoms. The number of aromatic nitrogens is 3. The van der Waals surface area contributed by atoms with Gasteiger partial charge in [-0.3, -0.25) is 4.79 Å². The van der Waals surface area contributed by atoms with Gasteiger partial charge in [0.25, 0.3) is 5.56 Å². The zero-order valence-electron chi connectivity index (χ0n) is 3.79. The summed E-state index contributed by atoms with van der Waals surface area (Å²) in [6.07, 6.45) is 0.932. The molecule has 5 nitrogen and oxygen atoms in total. The Balaban J connectivity index is 3.28. The summed E-state index contributed by atoms with van der Waals surface area (Å²) < 4.78 is 0. The maximum atomic E-state index is 10.1. The predicted molar refractivity (Wildman–Crippen MR) is 22.1 cm³/mol. The van der Waals surface area contributed by atoms with Gasteiger partial charge in [-0.25, -0.2) is 0 Å². The fourth-order valence-corrected chi connectivity index (χ4v) is 0.296. The van der Waals surface area contributed by atoms with E-state index in [0.717, 1.165) is 6.20 Å². The summed E-state index contributed by atoms with van der Waals surface area (Å²) in [6.45, 7) is 0. The van der Waals surface area contributed by atoms with Crippen molar-refractivity contribution in [1.29, 1.82) is 0 Å². The Morgan fingerprint density at radius 3 is 2.88 bits per heavy atom. The summed E-state index contributed by atoms with van der Waals surface area (Å²) in [5.74, 6) is 0. The molecular weight excluding hydrogens is 110 g/mol. The molecule has 1 rings (SSSR count). The Morgan fingerprint density at radius 1 is 1.75 bits per heavy atom. The number of aromatic amines is 1. The first kappa shape index (κ1) is 4.76. The zero-order chi connectivity index (χ0) is 5.98. The van der Waals surface area contributed by atoms with Crippen LogP contribution in [-0.4, -0.2) is 15.2 Å². The summed E-state index contributed by atoms with van der Waals surface area (Å²) in [7, 11) is 0. The summed E-state index contributed by atoms with van der Waals surface area (Å²) >= 11 is 0. The van der Waals surface area contributed by atoms with Crippen LogP contribution in [0.15, 0.2) is 11.0 Å². The standard InChI is InChI=1S/C3H3N3O2/c7-2-1-4-6-3(8)5-2/h1H,(H2,5,6,7,8)/p-1. The number of hydrogen-bond donors (Lipinski definition) is 1. The minimum atomic E-state index is -0.711. The first-order valence-corrected chi connectivity index (χ1v) is 1.88. The van der Waals surface area contributed by atoms with E-state index in [1.807, 2.05) is 4.98 Å². The van der Waals surface area contributed by atoms with Crippen LogP contribution in [0.4, 0.5) is 0 Å². The Morgan fingerprint density at radius 2 is 2.50 bits per heavy atom. The van der Waals surface area contributed by atoms with E-state index >= 15 is 0 Å². The van der Waals surface area contributed by atoms with Crippen molar-refractivity contribution in [3.63, 3.8) is 0 Å². The van der Waals surface area contributed by atoms with E-state index < -0.39 is 11.6 Å². The summed E-state index contributed by atoms with van der Waals surface area (Å²) in [4.78, 5) is 12.0. The largest absolute Gasteiger partial charge is 0.844 e. The molecule has 0 aliphatic rings. The van der Waals surface area contributed by atoms with E-state index in [9.17, 15) is 9.90 Å². The van der Waals surface area contributed by atoms with Gasteiger partial charge in [0.2, 0.25) is 0 Å². The van der Waals surface area contributed by atoms with Gasteiger partial charge < -0.3 is 10.1 Å². The second-order valence-corrected chi connectivity index (χ2v) is 1.14. The van der Waals surface area contributed by atoms with Crippen LogP contribution in [0, 0.1) is 0 Å². The molecular formula is C3H2N3O2-. The molecule has 0 unspecified atom stereocenters. The van der Waals surface area contributed by atoms with Gasteiger partial charge in [-0.05, 0) is 0 Å². The van der Waals surface area contributed by atoms with E-state index in [-0.39, 0.29) is 0 Å². The molecule has 0 amide bonds. The highest BCUT2D eigenvalue weighted by Gasteiger charge is 1.77. The maximum absolute atomic E-state index is 10.1. The highest BCUT2D eigenvalue weighted by Crippen LogP contribution is 1.75. The fraction of sp³-hybridized carbons (Fsp3) is 0. The SMILES string of the molecule is O=c1cnnc([O-])[nH]1. The first-order chi connectivity index (χ1) is 3.79. The molecule has 5 heteroatoms. The van der Waals surface area contributed by atoms with Crippen LogP contribution in [0.2, 0.25) is 0 Å². The van der Waals surface area contributed by atoms with Gasteiger partial charge in [0.1, 0.15) is 6.20 Å². The number of hydrogen-bond acceptors (Lipinski definition) is 4. The van der Waals surface area contributed by atoms with Gasteiger partial charge in [-0.15, -0.1) is 5.10 Å². The van der Waals surface area contributed by atoms with Crippen molar-refractivity contribution >= 4 is 0 Å². The van der Waals surface area contributed by atoms with Crippen LogP contribution in [0.25, 0.3) is 0 Å². The highest BCUT2D eigenvalue weighted by atomic mass is 16.3. The smallest absolute Gasteiger partial charge is 0.269 e. The summed E-state index contributed by atoms with van der Waals surface area (Å²) in [5, 5.41) is 16.1. The normalized spacial score (nSPS) is 9.00. The summed E-state index contributed by atoms with van der Waals surface area (Å²) in [5.41, 5.74) is -0.523. The van der Waals surface area contributed by atoms with E-state index in [1.54, 1.807) is 0 Å². The van der Waals surface area contributed by atoms with Crippen molar-refractivity contribution in [2.45, 2.75) is 0 Å². The third-order valence-electron chi connectivity index (χ3n) is 0.554. The molecule has 1 heterocycles. The lowest BCUT2D eigenvalue weighted by molar-refractivity contribution is -0.283. The molecule has 0 fully saturated rings. The zero-order valence-corrected chi connectivity index (χ0v) is 3.79. The second-order valence-electron chi connectivity index (χ2n) is 1.14. The molecule has 1 N–H and O–H groups in total. The molecule has 1 aromatic heterocycles. The molecule has 0 saturated heterocycles. The first-order valence-electron chi connectivity index (χ1n) is 1.88. The van der Waals surface area contributed by atoms with Crippen LogP contribution in [0.3, 0.4) is 0 Å². The van der Waals surface area contributed by atoms with Gasteiger partial charge in [0.15, 0.2) is 0 Å². The van der Waals surface area contributed by atoms with Gasteiger partial charge >= 0.3 is 0 Å². The average Bonchev–Trinajstić information content (AvgIpc) is 1.64. The number of nitrogens with zero attached hydrogens (tertiary/aromatic N) is 2. The lowest BCUT2D eigenvalue weighted by Crippen LogP contribution is -2.11. The minimum absolute atomic E-state index is 0.523. The summed E-state index contributed by atoms with van der Waals surface area (Å²) in [6, 6.07) is -0.711. The predicted octanol–water partition coefficient (Wildman–Crippen LogP) is -1.76. The average molecular weight is 112 g/mol. The molecule has 0 radical (unpaired) electrons. The molecule has 0 saturated carbocycles. The van der Waals surface area contributed by atoms with Gasteiger partial charge in [-0.1, -0.05) is 0 Å². The van der Waals surface area contributed by atoms with Crippen LogP contribution in [-0.2, 0) is 0 Å². The Kier molecular flexibility index (Phi) is 0.957. The number of rotatable bonds is 0. The van der Waals surface area contributed by atoms with Gasteiger partial charge in [0, 0.05) is 0 Å². The van der Waals surface area contributed by atoms with Crippen molar-refractivity contribution in [1.82, 2.24) is 15.2 Å². The topological polar surface area (TPSA) is 81.7 Å². The molecule has 0 atom stereocenters. The molecule has 0 spiro atoms. The molecule has 0 aromatic carbocycles. The van der Waals surface area contributed by atoms with E-state index in [4.69, 9.17) is 0 Å². The Bertz CT molecular complexity index is 230. The third-order valence-corrected chi connectivity index (χ3v) is 0.554. The third kappa shape index (κ3) is 0.810. The Hall–Kier alpha value is -1.39. The number of H-pyrrole nitrogens is 1. The van der Waals surface area contributed by atoms with Crippen molar-refractivity contribution in [3.05, 3.63) is 16.6 Å². The molecule has 0 bridgehead atoms. The Labute approximate surface area is 44.0 Å². The molecule has 0 aliphatic heterocycles. The minimum Gasteiger partial charge on any atom is -0.844 e. The fourth-order valence-electron chi connectivity index (χ4n) is 0.296. The van der Waals surface area contributed by atoms with E-state index in [0.29, 0.717) is 0 Å². The van der Waals surface area contributed by atoms with Crippen LogP contribution in [0.1, 0.15) is 0 Å². The van der Waals surface area contributed by atoms with Crippen molar-refractivity contribution in [2.24, 2.45) is 0 Å². The molecule has 42 valence electrons. The molecule has 1 aromatic rings. The lowest BCUT2D eigenvalue weighted by atomic mass is 10.9. The van der Waals surface area contributed by atoms with E-state index in [1.165, 1.54) is 0 Å². The van der Waals surface area contributed by atoms with Crippen molar-refractivity contribution in [2.75, 3.05) is 0 Å². The van der Waals surface area contributed by atoms with Gasteiger partial charge in [-0.2, -0.15) is 5.10 Å².